The Balaban J connectivity index is 1.61. The van der Waals surface area contributed by atoms with Gasteiger partial charge in [-0.1, -0.05) is 31.2 Å². The number of benzene rings is 2. The van der Waals surface area contributed by atoms with Crippen molar-refractivity contribution in [2.24, 2.45) is 5.92 Å². The number of rotatable bonds is 4. The van der Waals surface area contributed by atoms with Crippen LogP contribution >= 0.6 is 0 Å². The zero-order valence-electron chi connectivity index (χ0n) is 19.8. The summed E-state index contributed by atoms with van der Waals surface area (Å²) in [7, 11) is 1.80. The fourth-order valence-electron chi connectivity index (χ4n) is 5.46. The molecule has 5 rings (SSSR count). The second kappa shape index (κ2) is 7.74. The second-order valence-corrected chi connectivity index (χ2v) is 10.3. The van der Waals surface area contributed by atoms with Gasteiger partial charge in [-0.2, -0.15) is 5.26 Å². The highest BCUT2D eigenvalue weighted by atomic mass is 16.5. The number of hydrogen-bond donors (Lipinski definition) is 0. The van der Waals surface area contributed by atoms with Gasteiger partial charge in [0.05, 0.1) is 17.2 Å². The Morgan fingerprint density at radius 3 is 2.52 bits per heavy atom. The number of carbonyl (C=O) groups excluding carboxylic acids is 1. The first-order valence-corrected chi connectivity index (χ1v) is 11.8. The summed E-state index contributed by atoms with van der Waals surface area (Å²) < 4.78 is 7.92. The summed E-state index contributed by atoms with van der Waals surface area (Å²) in [5.41, 5.74) is 2.86. The Morgan fingerprint density at radius 1 is 1.15 bits per heavy atom. The van der Waals surface area contributed by atoms with Crippen molar-refractivity contribution in [3.8, 4) is 6.07 Å². The van der Waals surface area contributed by atoms with Crippen LogP contribution in [0.15, 0.2) is 54.6 Å². The van der Waals surface area contributed by atoms with Gasteiger partial charge in [-0.05, 0) is 80.8 Å². The lowest BCUT2D eigenvalue weighted by atomic mass is 9.83. The third-order valence-corrected chi connectivity index (χ3v) is 7.53. The smallest absolute Gasteiger partial charge is 0.274 e. The Hall–Kier alpha value is -3.10. The van der Waals surface area contributed by atoms with E-state index >= 15 is 0 Å². The number of ether oxygens (including phenoxy) is 1. The molecule has 0 bridgehead atoms. The second-order valence-electron chi connectivity index (χ2n) is 10.3. The number of carbonyl (C=O) groups is 1. The van der Waals surface area contributed by atoms with Crippen LogP contribution < -0.4 is 4.90 Å². The van der Waals surface area contributed by atoms with Crippen molar-refractivity contribution < 1.29 is 9.53 Å². The predicted molar refractivity (Wildman–Crippen MR) is 130 cm³/mol. The van der Waals surface area contributed by atoms with Crippen LogP contribution in [0.25, 0.3) is 10.9 Å². The van der Waals surface area contributed by atoms with Gasteiger partial charge in [0.25, 0.3) is 5.91 Å². The van der Waals surface area contributed by atoms with E-state index in [9.17, 15) is 10.1 Å². The van der Waals surface area contributed by atoms with Crippen molar-refractivity contribution in [2.75, 3.05) is 18.6 Å². The molecule has 3 atom stereocenters. The highest BCUT2D eigenvalue weighted by Crippen LogP contribution is 2.52. The average Bonchev–Trinajstić information content (AvgIpc) is 3.32. The molecule has 0 spiro atoms. The normalized spacial score (nSPS) is 26.0. The minimum atomic E-state index is -0.660. The molecular weight excluding hydrogens is 410 g/mol. The van der Waals surface area contributed by atoms with Gasteiger partial charge in [0.15, 0.2) is 0 Å². The predicted octanol–water partition coefficient (Wildman–Crippen LogP) is 5.85. The Kier molecular flexibility index (Phi) is 5.10. The molecule has 3 aromatic rings. The Labute approximate surface area is 195 Å². The maximum absolute atomic E-state index is 13.7. The fraction of sp³-hybridized carbons (Fsp3) is 0.429. The van der Waals surface area contributed by atoms with E-state index < -0.39 is 5.54 Å². The molecule has 33 heavy (non-hydrogen) atoms. The molecule has 5 heteroatoms. The molecule has 1 aliphatic heterocycles. The van der Waals surface area contributed by atoms with Crippen molar-refractivity contribution in [3.63, 3.8) is 0 Å². The summed E-state index contributed by atoms with van der Waals surface area (Å²) in [6, 6.07) is 20.7. The van der Waals surface area contributed by atoms with Crippen molar-refractivity contribution in [2.45, 2.75) is 57.1 Å². The number of aromatic nitrogens is 1. The standard InChI is InChI=1S/C28H31N3O2/c1-19-16-28(19,18-29)31-24-11-10-20(21-12-13-33-27(2,3)17-21)14-22(24)15-25(31)26(32)30(4)23-8-6-5-7-9-23/h5-11,14-15,19,21H,12-13,16-17H2,1-4H3/t19-,21-,28+/m0/s1. The van der Waals surface area contributed by atoms with E-state index in [0.717, 1.165) is 42.5 Å². The van der Waals surface area contributed by atoms with Crippen LogP contribution in [0.3, 0.4) is 0 Å². The zero-order chi connectivity index (χ0) is 23.4. The molecule has 2 fully saturated rings. The van der Waals surface area contributed by atoms with E-state index in [1.165, 1.54) is 5.56 Å². The number of hydrogen-bond acceptors (Lipinski definition) is 3. The van der Waals surface area contributed by atoms with Crippen molar-refractivity contribution in [1.29, 1.82) is 5.26 Å². The van der Waals surface area contributed by atoms with Crippen LogP contribution in [-0.2, 0) is 10.3 Å². The topological polar surface area (TPSA) is 58.3 Å². The maximum atomic E-state index is 13.7. The SMILES string of the molecule is C[C@H]1C[C@]1(C#N)n1c(C(=O)N(C)c2ccccc2)cc2cc([C@H]3CCOC(C)(C)C3)ccc21. The molecule has 1 saturated heterocycles. The molecular formula is C28H31N3O2. The van der Waals surface area contributed by atoms with Gasteiger partial charge >= 0.3 is 0 Å². The highest BCUT2D eigenvalue weighted by Gasteiger charge is 2.55. The summed E-state index contributed by atoms with van der Waals surface area (Å²) in [6.45, 7) is 7.14. The van der Waals surface area contributed by atoms with E-state index in [4.69, 9.17) is 4.74 Å². The summed E-state index contributed by atoms with van der Waals surface area (Å²) >= 11 is 0. The van der Waals surface area contributed by atoms with Crippen molar-refractivity contribution in [1.82, 2.24) is 4.57 Å². The number of amides is 1. The number of anilines is 1. The third-order valence-electron chi connectivity index (χ3n) is 7.53. The van der Waals surface area contributed by atoms with Crippen LogP contribution in [0.1, 0.15) is 62.0 Å². The van der Waals surface area contributed by atoms with Gasteiger partial charge in [0.1, 0.15) is 11.2 Å². The van der Waals surface area contributed by atoms with Crippen LogP contribution in [0, 0.1) is 17.2 Å². The Bertz CT molecular complexity index is 1250. The van der Waals surface area contributed by atoms with Crippen LogP contribution in [0.4, 0.5) is 5.69 Å². The van der Waals surface area contributed by atoms with Gasteiger partial charge in [0, 0.05) is 24.7 Å². The first-order chi connectivity index (χ1) is 15.8. The molecule has 0 radical (unpaired) electrons. The first kappa shape index (κ1) is 21.7. The van der Waals surface area contributed by atoms with E-state index in [1.807, 2.05) is 41.0 Å². The number of nitrogens with zero attached hydrogens (tertiary/aromatic N) is 3. The van der Waals surface area contributed by atoms with Gasteiger partial charge in [-0.15, -0.1) is 0 Å². The minimum Gasteiger partial charge on any atom is -0.376 e. The molecule has 0 N–H and O–H groups in total. The van der Waals surface area contributed by atoms with Gasteiger partial charge in [0.2, 0.25) is 0 Å². The average molecular weight is 442 g/mol. The van der Waals surface area contributed by atoms with E-state index in [-0.39, 0.29) is 17.4 Å². The molecule has 2 aliphatic rings. The number of para-hydroxylation sites is 1. The monoisotopic (exact) mass is 441 g/mol. The van der Waals surface area contributed by atoms with Gasteiger partial charge < -0.3 is 14.2 Å². The lowest BCUT2D eigenvalue weighted by molar-refractivity contribution is -0.0592. The van der Waals surface area contributed by atoms with E-state index in [1.54, 1.807) is 11.9 Å². The van der Waals surface area contributed by atoms with Crippen molar-refractivity contribution in [3.05, 3.63) is 65.9 Å². The largest absolute Gasteiger partial charge is 0.376 e. The highest BCUT2D eigenvalue weighted by molar-refractivity contribution is 6.08. The van der Waals surface area contributed by atoms with E-state index in [0.29, 0.717) is 11.6 Å². The molecule has 1 amide bonds. The lowest BCUT2D eigenvalue weighted by Crippen LogP contribution is -2.33. The van der Waals surface area contributed by atoms with Gasteiger partial charge in [-0.3, -0.25) is 4.79 Å². The molecule has 2 aromatic carbocycles. The van der Waals surface area contributed by atoms with Crippen LogP contribution in [0.2, 0.25) is 0 Å². The molecule has 1 aliphatic carbocycles. The third kappa shape index (κ3) is 3.63. The summed E-state index contributed by atoms with van der Waals surface area (Å²) in [6.07, 6.45) is 2.73. The number of nitriles is 1. The van der Waals surface area contributed by atoms with E-state index in [2.05, 4.69) is 45.0 Å². The summed E-state index contributed by atoms with van der Waals surface area (Å²) in [4.78, 5) is 15.4. The molecule has 0 unspecified atom stereocenters. The number of fused-ring (bicyclic) bond motifs is 1. The summed E-state index contributed by atoms with van der Waals surface area (Å²) in [5.74, 6) is 0.542. The first-order valence-electron chi connectivity index (χ1n) is 11.8. The lowest BCUT2D eigenvalue weighted by Gasteiger charge is -2.35. The molecule has 1 aromatic heterocycles. The molecule has 1 saturated carbocycles. The molecule has 5 nitrogen and oxygen atoms in total. The molecule has 2 heterocycles. The summed E-state index contributed by atoms with van der Waals surface area (Å²) in [5, 5.41) is 11.1. The van der Waals surface area contributed by atoms with Crippen molar-refractivity contribution >= 4 is 22.5 Å². The Morgan fingerprint density at radius 2 is 1.88 bits per heavy atom. The van der Waals surface area contributed by atoms with Crippen LogP contribution in [-0.4, -0.2) is 29.7 Å². The van der Waals surface area contributed by atoms with Gasteiger partial charge in [-0.25, -0.2) is 0 Å². The van der Waals surface area contributed by atoms with Crippen LogP contribution in [0.5, 0.6) is 0 Å². The quantitative estimate of drug-likeness (QED) is 0.510. The minimum absolute atomic E-state index is 0.0973. The maximum Gasteiger partial charge on any atom is 0.274 e. The zero-order valence-corrected chi connectivity index (χ0v) is 19.8. The fourth-order valence-corrected chi connectivity index (χ4v) is 5.46. The molecule has 170 valence electrons.